The molecule has 7 heteroatoms. The summed E-state index contributed by atoms with van der Waals surface area (Å²) in [6, 6.07) is 7.37. The second-order valence-electron chi connectivity index (χ2n) is 4.25. The molecule has 0 heterocycles. The van der Waals surface area contributed by atoms with Crippen molar-refractivity contribution < 1.29 is 19.4 Å². The fraction of sp³-hybridized carbons (Fsp3) is 0.429. The van der Waals surface area contributed by atoms with E-state index in [2.05, 4.69) is 10.6 Å². The average molecular weight is 312 g/mol. The summed E-state index contributed by atoms with van der Waals surface area (Å²) in [4.78, 5) is 24.0. The van der Waals surface area contributed by atoms with Gasteiger partial charge in [0.25, 0.3) is 0 Å². The Bertz CT molecular complexity index is 465. The van der Waals surface area contributed by atoms with E-state index in [4.69, 9.17) is 4.74 Å². The Labute approximate surface area is 128 Å². The molecule has 0 aliphatic rings. The molecule has 0 fully saturated rings. The first kappa shape index (κ1) is 17.5. The van der Waals surface area contributed by atoms with Crippen molar-refractivity contribution in [1.82, 2.24) is 10.6 Å². The zero-order chi connectivity index (χ0) is 15.7. The lowest BCUT2D eigenvalue weighted by molar-refractivity contribution is -0.139. The molecule has 1 aromatic carbocycles. The number of rotatable bonds is 7. The maximum absolute atomic E-state index is 11.5. The van der Waals surface area contributed by atoms with Crippen LogP contribution in [0.1, 0.15) is 11.7 Å². The summed E-state index contributed by atoms with van der Waals surface area (Å²) < 4.78 is 4.76. The molecule has 0 aliphatic carbocycles. The fourth-order valence-electron chi connectivity index (χ4n) is 1.56. The third-order valence-electron chi connectivity index (χ3n) is 2.75. The van der Waals surface area contributed by atoms with E-state index in [0.717, 1.165) is 4.90 Å². The van der Waals surface area contributed by atoms with Crippen LogP contribution in [0.5, 0.6) is 0 Å². The Kier molecular flexibility index (Phi) is 7.81. The summed E-state index contributed by atoms with van der Waals surface area (Å²) in [5, 5.41) is 14.7. The lowest BCUT2D eigenvalue weighted by Gasteiger charge is -2.12. The van der Waals surface area contributed by atoms with Gasteiger partial charge in [0.15, 0.2) is 0 Å². The Hall–Kier alpha value is -1.57. The first-order valence-electron chi connectivity index (χ1n) is 6.45. The number of thioether (sulfide) groups is 1. The molecule has 6 nitrogen and oxygen atoms in total. The first-order valence-corrected chi connectivity index (χ1v) is 7.68. The molecule has 21 heavy (non-hydrogen) atoms. The van der Waals surface area contributed by atoms with Gasteiger partial charge in [-0.3, -0.25) is 9.59 Å². The topological polar surface area (TPSA) is 87.7 Å². The average Bonchev–Trinajstić information content (AvgIpc) is 2.52. The number of amides is 2. The third kappa shape index (κ3) is 6.16. The van der Waals surface area contributed by atoms with Gasteiger partial charge in [-0.2, -0.15) is 0 Å². The van der Waals surface area contributed by atoms with E-state index in [1.54, 1.807) is 23.9 Å². The van der Waals surface area contributed by atoms with Crippen molar-refractivity contribution in [3.63, 3.8) is 0 Å². The van der Waals surface area contributed by atoms with Gasteiger partial charge >= 0.3 is 11.8 Å². The van der Waals surface area contributed by atoms with Crippen molar-refractivity contribution in [2.45, 2.75) is 11.0 Å². The number of hydrogen-bond acceptors (Lipinski definition) is 5. The number of benzene rings is 1. The van der Waals surface area contributed by atoms with Crippen LogP contribution in [-0.4, -0.2) is 50.0 Å². The minimum absolute atomic E-state index is 0.0187. The highest BCUT2D eigenvalue weighted by Gasteiger charge is 2.15. The monoisotopic (exact) mass is 312 g/mol. The number of carbonyl (C=O) groups is 2. The molecule has 0 aliphatic heterocycles. The van der Waals surface area contributed by atoms with Gasteiger partial charge in [-0.05, 0) is 24.0 Å². The number of aliphatic hydroxyl groups is 1. The fourth-order valence-corrected chi connectivity index (χ4v) is 1.97. The summed E-state index contributed by atoms with van der Waals surface area (Å²) in [6.45, 7) is 0.583. The Morgan fingerprint density at radius 1 is 1.24 bits per heavy atom. The molecule has 0 spiro atoms. The summed E-state index contributed by atoms with van der Waals surface area (Å²) >= 11 is 1.61. The molecule has 0 saturated carbocycles. The van der Waals surface area contributed by atoms with E-state index in [1.807, 2.05) is 18.4 Å². The summed E-state index contributed by atoms with van der Waals surface area (Å²) in [5.41, 5.74) is 0.688. The Morgan fingerprint density at radius 3 is 2.43 bits per heavy atom. The molecule has 0 radical (unpaired) electrons. The van der Waals surface area contributed by atoms with Crippen LogP contribution in [0.4, 0.5) is 0 Å². The van der Waals surface area contributed by atoms with Crippen LogP contribution in [0.15, 0.2) is 29.2 Å². The minimum atomic E-state index is -0.850. The normalized spacial score (nSPS) is 11.8. The van der Waals surface area contributed by atoms with Gasteiger partial charge in [-0.1, -0.05) is 12.1 Å². The van der Waals surface area contributed by atoms with Crippen LogP contribution in [0, 0.1) is 0 Å². The molecule has 2 amide bonds. The largest absolute Gasteiger partial charge is 0.387 e. The van der Waals surface area contributed by atoms with Gasteiger partial charge in [0.05, 0.1) is 12.7 Å². The molecular weight excluding hydrogens is 292 g/mol. The molecule has 1 atom stereocenters. The molecule has 3 N–H and O–H groups in total. The van der Waals surface area contributed by atoms with Crippen LogP contribution >= 0.6 is 11.8 Å². The van der Waals surface area contributed by atoms with Gasteiger partial charge < -0.3 is 20.5 Å². The van der Waals surface area contributed by atoms with Gasteiger partial charge in [0.2, 0.25) is 0 Å². The van der Waals surface area contributed by atoms with Gasteiger partial charge in [-0.25, -0.2) is 0 Å². The first-order chi connectivity index (χ1) is 10.1. The van der Waals surface area contributed by atoms with Crippen molar-refractivity contribution in [2.75, 3.05) is 33.1 Å². The SMILES string of the molecule is COCCNC(=O)C(=O)NCC(O)c1ccc(SC)cc1. The second kappa shape index (κ2) is 9.38. The van der Waals surface area contributed by atoms with Crippen LogP contribution < -0.4 is 10.6 Å². The van der Waals surface area contributed by atoms with Gasteiger partial charge in [-0.15, -0.1) is 11.8 Å². The summed E-state index contributed by atoms with van der Waals surface area (Å²) in [6.07, 6.45) is 1.12. The number of ether oxygens (including phenoxy) is 1. The van der Waals surface area contributed by atoms with Crippen molar-refractivity contribution in [1.29, 1.82) is 0 Å². The zero-order valence-corrected chi connectivity index (χ0v) is 12.9. The number of nitrogens with one attached hydrogen (secondary N) is 2. The molecule has 0 aromatic heterocycles. The van der Waals surface area contributed by atoms with Crippen molar-refractivity contribution in [3.05, 3.63) is 29.8 Å². The van der Waals surface area contributed by atoms with Crippen molar-refractivity contribution >= 4 is 23.6 Å². The molecule has 1 rings (SSSR count). The van der Waals surface area contributed by atoms with E-state index in [-0.39, 0.29) is 13.1 Å². The number of aliphatic hydroxyl groups excluding tert-OH is 1. The quantitative estimate of drug-likeness (QED) is 0.383. The van der Waals surface area contributed by atoms with E-state index >= 15 is 0 Å². The summed E-state index contributed by atoms with van der Waals surface area (Å²) in [7, 11) is 1.50. The van der Waals surface area contributed by atoms with E-state index in [1.165, 1.54) is 7.11 Å². The predicted octanol–water partition coefficient (Wildman–Crippen LogP) is 0.321. The molecule has 0 bridgehead atoms. The van der Waals surface area contributed by atoms with E-state index < -0.39 is 17.9 Å². The standard InChI is InChI=1S/C14H20N2O4S/c1-20-8-7-15-13(18)14(19)16-9-12(17)10-3-5-11(21-2)6-4-10/h3-6,12,17H,7-9H2,1-2H3,(H,15,18)(H,16,19). The number of methoxy groups -OCH3 is 1. The van der Waals surface area contributed by atoms with Crippen LogP contribution in [0.3, 0.4) is 0 Å². The van der Waals surface area contributed by atoms with Crippen LogP contribution in [0.2, 0.25) is 0 Å². The highest BCUT2D eigenvalue weighted by atomic mass is 32.2. The molecular formula is C14H20N2O4S. The predicted molar refractivity (Wildman–Crippen MR) is 81.1 cm³/mol. The maximum atomic E-state index is 11.5. The van der Waals surface area contributed by atoms with Crippen molar-refractivity contribution in [2.24, 2.45) is 0 Å². The highest BCUT2D eigenvalue weighted by molar-refractivity contribution is 7.98. The Morgan fingerprint density at radius 2 is 1.86 bits per heavy atom. The smallest absolute Gasteiger partial charge is 0.309 e. The lowest BCUT2D eigenvalue weighted by Crippen LogP contribution is -2.42. The maximum Gasteiger partial charge on any atom is 0.309 e. The number of hydrogen-bond donors (Lipinski definition) is 3. The molecule has 116 valence electrons. The minimum Gasteiger partial charge on any atom is -0.387 e. The lowest BCUT2D eigenvalue weighted by atomic mass is 10.1. The van der Waals surface area contributed by atoms with Crippen LogP contribution in [0.25, 0.3) is 0 Å². The van der Waals surface area contributed by atoms with Crippen molar-refractivity contribution in [3.8, 4) is 0 Å². The van der Waals surface area contributed by atoms with E-state index in [9.17, 15) is 14.7 Å². The van der Waals surface area contributed by atoms with Gasteiger partial charge in [0, 0.05) is 25.1 Å². The molecule has 1 unspecified atom stereocenters. The van der Waals surface area contributed by atoms with E-state index in [0.29, 0.717) is 12.2 Å². The second-order valence-corrected chi connectivity index (χ2v) is 5.13. The van der Waals surface area contributed by atoms with Crippen LogP contribution in [-0.2, 0) is 14.3 Å². The molecule has 1 aromatic rings. The summed E-state index contributed by atoms with van der Waals surface area (Å²) in [5.74, 6) is -1.51. The Balaban J connectivity index is 2.38. The highest BCUT2D eigenvalue weighted by Crippen LogP contribution is 2.18. The number of carbonyl (C=O) groups excluding carboxylic acids is 2. The zero-order valence-electron chi connectivity index (χ0n) is 12.1. The van der Waals surface area contributed by atoms with Gasteiger partial charge in [0.1, 0.15) is 0 Å². The third-order valence-corrected chi connectivity index (χ3v) is 3.50. The molecule has 0 saturated heterocycles.